The van der Waals surface area contributed by atoms with Gasteiger partial charge in [0.2, 0.25) is 12.2 Å². The molecule has 0 spiro atoms. The van der Waals surface area contributed by atoms with E-state index < -0.39 is 29.3 Å². The van der Waals surface area contributed by atoms with E-state index in [-0.39, 0.29) is 22.7 Å². The number of aliphatic hydroxyl groups is 2. The number of nitrogens with two attached hydrogens (primary N) is 1. The summed E-state index contributed by atoms with van der Waals surface area (Å²) in [6.07, 6.45) is 3.74. The van der Waals surface area contributed by atoms with Crippen LogP contribution in [0, 0.1) is 12.3 Å². The molecule has 9 heteroatoms. The third-order valence-corrected chi connectivity index (χ3v) is 3.60. The molecule has 3 heterocycles. The standard InChI is InChI=1S/C14H13FN4O4/c1-3-14(15)9(21)8(6(2)20)23-12(14)19-5-4-7-10(19)17-13(16)18-11(7)22/h1,4-6,12,20-21H,2H3,(H3,16,17,18,22)/t6-,12+,14?/m0/s1. The number of aromatic amines is 1. The molecule has 2 aromatic rings. The number of terminal acetylenes is 1. The van der Waals surface area contributed by atoms with Gasteiger partial charge in [-0.15, -0.1) is 6.42 Å². The highest BCUT2D eigenvalue weighted by molar-refractivity contribution is 5.76. The van der Waals surface area contributed by atoms with Gasteiger partial charge in [-0.05, 0) is 13.0 Å². The van der Waals surface area contributed by atoms with E-state index in [1.54, 1.807) is 0 Å². The number of rotatable bonds is 2. The summed E-state index contributed by atoms with van der Waals surface area (Å²) < 4.78 is 21.5. The Bertz CT molecular complexity index is 923. The van der Waals surface area contributed by atoms with Gasteiger partial charge in [0.25, 0.3) is 11.2 Å². The molecule has 1 aliphatic rings. The summed E-state index contributed by atoms with van der Waals surface area (Å²) in [4.78, 5) is 18.1. The Morgan fingerprint density at radius 2 is 2.39 bits per heavy atom. The lowest BCUT2D eigenvalue weighted by Gasteiger charge is -2.23. The highest BCUT2D eigenvalue weighted by Gasteiger charge is 2.54. The van der Waals surface area contributed by atoms with Gasteiger partial charge in [-0.1, -0.05) is 5.92 Å². The van der Waals surface area contributed by atoms with Crippen LogP contribution in [0.4, 0.5) is 10.3 Å². The number of hydrogen-bond donors (Lipinski definition) is 4. The normalized spacial score (nSPS) is 25.4. The molecule has 1 unspecified atom stereocenters. The minimum Gasteiger partial charge on any atom is -0.505 e. The second-order valence-corrected chi connectivity index (χ2v) is 5.13. The summed E-state index contributed by atoms with van der Waals surface area (Å²) in [5.74, 6) is 0.394. The third kappa shape index (κ3) is 1.96. The highest BCUT2D eigenvalue weighted by Crippen LogP contribution is 2.44. The molecular weight excluding hydrogens is 307 g/mol. The molecule has 0 fully saturated rings. The SMILES string of the molecule is C#CC1(F)C(O)=C([C@H](C)O)O[C@H]1n1ccc2c(=O)[nH]c(N)nc21. The lowest BCUT2D eigenvalue weighted by Crippen LogP contribution is -2.32. The Hall–Kier alpha value is -2.99. The van der Waals surface area contributed by atoms with Crippen molar-refractivity contribution in [2.75, 3.05) is 5.73 Å². The van der Waals surface area contributed by atoms with Crippen LogP contribution in [0.1, 0.15) is 13.2 Å². The first-order chi connectivity index (χ1) is 10.8. The molecule has 2 aromatic heterocycles. The van der Waals surface area contributed by atoms with Crippen LogP contribution < -0.4 is 11.3 Å². The van der Waals surface area contributed by atoms with Crippen molar-refractivity contribution in [3.8, 4) is 12.3 Å². The summed E-state index contributed by atoms with van der Waals surface area (Å²) in [5.41, 5.74) is 2.30. The van der Waals surface area contributed by atoms with Gasteiger partial charge in [0, 0.05) is 6.20 Å². The molecule has 5 N–H and O–H groups in total. The van der Waals surface area contributed by atoms with Gasteiger partial charge in [0.15, 0.2) is 17.2 Å². The largest absolute Gasteiger partial charge is 0.505 e. The van der Waals surface area contributed by atoms with Gasteiger partial charge in [0.05, 0.1) is 5.39 Å². The van der Waals surface area contributed by atoms with E-state index in [9.17, 15) is 15.0 Å². The Labute approximate surface area is 129 Å². The van der Waals surface area contributed by atoms with Gasteiger partial charge in [0.1, 0.15) is 6.10 Å². The van der Waals surface area contributed by atoms with E-state index >= 15 is 4.39 Å². The predicted octanol–water partition coefficient (Wildman–Crippen LogP) is 0.327. The molecular formula is C14H13FN4O4. The average Bonchev–Trinajstić information content (AvgIpc) is 3.00. The number of fused-ring (bicyclic) bond motifs is 1. The third-order valence-electron chi connectivity index (χ3n) is 3.60. The summed E-state index contributed by atoms with van der Waals surface area (Å²) in [6, 6.07) is 1.39. The van der Waals surface area contributed by atoms with Crippen LogP contribution in [0.2, 0.25) is 0 Å². The van der Waals surface area contributed by atoms with Crippen molar-refractivity contribution in [1.29, 1.82) is 0 Å². The minimum absolute atomic E-state index is 0.0353. The van der Waals surface area contributed by atoms with E-state index in [0.29, 0.717) is 0 Å². The van der Waals surface area contributed by atoms with Crippen LogP contribution in [0.25, 0.3) is 11.0 Å². The summed E-state index contributed by atoms with van der Waals surface area (Å²) in [7, 11) is 0. The molecule has 0 amide bonds. The molecule has 0 bridgehead atoms. The average molecular weight is 320 g/mol. The fraction of sp³-hybridized carbons (Fsp3) is 0.286. The van der Waals surface area contributed by atoms with E-state index in [1.807, 2.05) is 5.92 Å². The van der Waals surface area contributed by atoms with Gasteiger partial charge < -0.3 is 20.7 Å². The maximum Gasteiger partial charge on any atom is 0.285 e. The van der Waals surface area contributed by atoms with Crippen LogP contribution in [0.15, 0.2) is 28.6 Å². The fourth-order valence-corrected chi connectivity index (χ4v) is 2.49. The topological polar surface area (TPSA) is 126 Å². The van der Waals surface area contributed by atoms with Crippen molar-refractivity contribution >= 4 is 17.0 Å². The van der Waals surface area contributed by atoms with Crippen LogP contribution in [-0.4, -0.2) is 36.5 Å². The Morgan fingerprint density at radius 1 is 1.70 bits per heavy atom. The summed E-state index contributed by atoms with van der Waals surface area (Å²) in [5, 5.41) is 19.7. The Morgan fingerprint density at radius 3 is 3.00 bits per heavy atom. The van der Waals surface area contributed by atoms with Crippen LogP contribution >= 0.6 is 0 Å². The number of aliphatic hydroxyl groups excluding tert-OH is 2. The number of H-pyrrole nitrogens is 1. The molecule has 0 aromatic carbocycles. The van der Waals surface area contributed by atoms with Crippen molar-refractivity contribution in [2.24, 2.45) is 0 Å². The first-order valence-corrected chi connectivity index (χ1v) is 6.61. The second-order valence-electron chi connectivity index (χ2n) is 5.13. The van der Waals surface area contributed by atoms with E-state index in [0.717, 1.165) is 4.57 Å². The number of hydrogen-bond acceptors (Lipinski definition) is 6. The second kappa shape index (κ2) is 4.76. The summed E-state index contributed by atoms with van der Waals surface area (Å²) >= 11 is 0. The zero-order chi connectivity index (χ0) is 16.9. The number of alkyl halides is 1. The smallest absolute Gasteiger partial charge is 0.285 e. The monoisotopic (exact) mass is 320 g/mol. The van der Waals surface area contributed by atoms with Crippen LogP contribution in [0.5, 0.6) is 0 Å². The van der Waals surface area contributed by atoms with E-state index in [1.165, 1.54) is 19.2 Å². The van der Waals surface area contributed by atoms with Crippen LogP contribution in [-0.2, 0) is 4.74 Å². The van der Waals surface area contributed by atoms with E-state index in [4.69, 9.17) is 16.9 Å². The van der Waals surface area contributed by atoms with Gasteiger partial charge >= 0.3 is 0 Å². The van der Waals surface area contributed by atoms with Crippen molar-refractivity contribution in [1.82, 2.24) is 14.5 Å². The first-order valence-electron chi connectivity index (χ1n) is 6.61. The number of aromatic nitrogens is 3. The molecule has 3 rings (SSSR count). The van der Waals surface area contributed by atoms with Gasteiger partial charge in [-0.2, -0.15) is 4.98 Å². The van der Waals surface area contributed by atoms with Crippen molar-refractivity contribution in [2.45, 2.75) is 24.9 Å². The molecule has 8 nitrogen and oxygen atoms in total. The molecule has 23 heavy (non-hydrogen) atoms. The van der Waals surface area contributed by atoms with Crippen LogP contribution in [0.3, 0.4) is 0 Å². The lowest BCUT2D eigenvalue weighted by molar-refractivity contribution is -0.0147. The molecule has 1 aliphatic heterocycles. The molecule has 120 valence electrons. The summed E-state index contributed by atoms with van der Waals surface area (Å²) in [6.45, 7) is 1.29. The fourth-order valence-electron chi connectivity index (χ4n) is 2.49. The number of nitrogens with zero attached hydrogens (tertiary/aromatic N) is 2. The highest BCUT2D eigenvalue weighted by atomic mass is 19.1. The molecule has 0 saturated carbocycles. The maximum absolute atomic E-state index is 15.1. The molecule has 0 aliphatic carbocycles. The zero-order valence-electron chi connectivity index (χ0n) is 11.9. The first kappa shape index (κ1) is 14.9. The van der Waals surface area contributed by atoms with Crippen molar-refractivity contribution < 1.29 is 19.3 Å². The van der Waals surface area contributed by atoms with Crippen molar-refractivity contribution in [3.63, 3.8) is 0 Å². The van der Waals surface area contributed by atoms with E-state index in [2.05, 4.69) is 9.97 Å². The number of halogens is 1. The van der Waals surface area contributed by atoms with Crippen molar-refractivity contribution in [3.05, 3.63) is 34.1 Å². The Balaban J connectivity index is 2.21. The molecule has 0 radical (unpaired) electrons. The van der Waals surface area contributed by atoms with Gasteiger partial charge in [-0.3, -0.25) is 14.3 Å². The minimum atomic E-state index is -2.72. The number of nitrogens with one attached hydrogen (secondary N) is 1. The number of nitrogen functional groups attached to an aromatic ring is 1. The Kier molecular flexibility index (Phi) is 3.09. The maximum atomic E-state index is 15.1. The zero-order valence-corrected chi connectivity index (χ0v) is 11.9. The molecule has 3 atom stereocenters. The quantitative estimate of drug-likeness (QED) is 0.591. The van der Waals surface area contributed by atoms with Gasteiger partial charge in [-0.25, -0.2) is 4.39 Å². The molecule has 0 saturated heterocycles. The predicted molar refractivity (Wildman–Crippen MR) is 78.9 cm³/mol. The number of anilines is 1. The lowest BCUT2D eigenvalue weighted by atomic mass is 10.0. The number of ether oxygens (including phenoxy) is 1.